The Labute approximate surface area is 144 Å². The number of aromatic nitrogens is 2. The van der Waals surface area contributed by atoms with Gasteiger partial charge in [0, 0.05) is 11.5 Å². The third-order valence-corrected chi connectivity index (χ3v) is 5.04. The van der Waals surface area contributed by atoms with Gasteiger partial charge in [-0.15, -0.1) is 10.2 Å². The SMILES string of the molecule is Cc1cccc(-c2nnc(NC(=O)C(C)NC(=O)C3CCC3)s2)c1. The molecule has 1 aliphatic rings. The Hall–Kier alpha value is -2.28. The molecule has 2 aromatic rings. The Morgan fingerprint density at radius 2 is 2.08 bits per heavy atom. The highest BCUT2D eigenvalue weighted by molar-refractivity contribution is 7.18. The van der Waals surface area contributed by atoms with Crippen molar-refractivity contribution in [3.63, 3.8) is 0 Å². The lowest BCUT2D eigenvalue weighted by Crippen LogP contribution is -2.45. The van der Waals surface area contributed by atoms with E-state index in [1.54, 1.807) is 6.92 Å². The van der Waals surface area contributed by atoms with Crippen molar-refractivity contribution in [2.45, 2.75) is 39.2 Å². The number of nitrogens with zero attached hydrogens (tertiary/aromatic N) is 2. The van der Waals surface area contributed by atoms with Gasteiger partial charge in [-0.3, -0.25) is 14.9 Å². The minimum absolute atomic E-state index is 0.0402. The number of aryl methyl sites for hydroxylation is 1. The first-order valence-corrected chi connectivity index (χ1v) is 8.86. The van der Waals surface area contributed by atoms with Crippen molar-refractivity contribution in [3.05, 3.63) is 29.8 Å². The van der Waals surface area contributed by atoms with Crippen molar-refractivity contribution in [1.82, 2.24) is 15.5 Å². The summed E-state index contributed by atoms with van der Waals surface area (Å²) in [6.07, 6.45) is 2.91. The molecule has 1 aromatic carbocycles. The van der Waals surface area contributed by atoms with Gasteiger partial charge in [0.2, 0.25) is 16.9 Å². The lowest BCUT2D eigenvalue weighted by atomic mass is 9.84. The maximum absolute atomic E-state index is 12.2. The molecule has 0 saturated heterocycles. The molecular weight excluding hydrogens is 324 g/mol. The molecule has 1 aromatic heterocycles. The second kappa shape index (κ2) is 7.09. The summed E-state index contributed by atoms with van der Waals surface area (Å²) < 4.78 is 0. The van der Waals surface area contributed by atoms with E-state index in [-0.39, 0.29) is 17.7 Å². The molecule has 1 aliphatic carbocycles. The summed E-state index contributed by atoms with van der Waals surface area (Å²) in [4.78, 5) is 24.1. The lowest BCUT2D eigenvalue weighted by molar-refractivity contribution is -0.130. The van der Waals surface area contributed by atoms with Crippen LogP contribution in [-0.4, -0.2) is 28.1 Å². The van der Waals surface area contributed by atoms with Gasteiger partial charge >= 0.3 is 0 Å². The molecule has 1 unspecified atom stereocenters. The Kier molecular flexibility index (Phi) is 4.89. The smallest absolute Gasteiger partial charge is 0.248 e. The Balaban J connectivity index is 1.59. The first kappa shape index (κ1) is 16.6. The summed E-state index contributed by atoms with van der Waals surface area (Å²) in [6.45, 7) is 3.69. The van der Waals surface area contributed by atoms with Gasteiger partial charge in [0.15, 0.2) is 0 Å². The summed E-state index contributed by atoms with van der Waals surface area (Å²) in [5.74, 6) is -0.258. The highest BCUT2D eigenvalue weighted by atomic mass is 32.1. The molecular formula is C17H20N4O2S. The van der Waals surface area contributed by atoms with E-state index in [2.05, 4.69) is 20.8 Å². The third kappa shape index (κ3) is 3.79. The van der Waals surface area contributed by atoms with Crippen LogP contribution >= 0.6 is 11.3 Å². The van der Waals surface area contributed by atoms with Gasteiger partial charge in [-0.05, 0) is 32.8 Å². The summed E-state index contributed by atoms with van der Waals surface area (Å²) in [5.41, 5.74) is 2.11. The van der Waals surface area contributed by atoms with Gasteiger partial charge in [-0.1, -0.05) is 41.5 Å². The van der Waals surface area contributed by atoms with Crippen LogP contribution in [0.15, 0.2) is 24.3 Å². The van der Waals surface area contributed by atoms with E-state index in [4.69, 9.17) is 0 Å². The normalized spacial score (nSPS) is 15.4. The molecule has 3 rings (SSSR count). The Morgan fingerprint density at radius 3 is 2.75 bits per heavy atom. The minimum Gasteiger partial charge on any atom is -0.344 e. The van der Waals surface area contributed by atoms with E-state index in [0.29, 0.717) is 5.13 Å². The van der Waals surface area contributed by atoms with E-state index in [1.807, 2.05) is 31.2 Å². The fourth-order valence-corrected chi connectivity index (χ4v) is 3.19. The van der Waals surface area contributed by atoms with E-state index in [9.17, 15) is 9.59 Å². The molecule has 7 heteroatoms. The number of amides is 2. The molecule has 24 heavy (non-hydrogen) atoms. The molecule has 2 amide bonds. The quantitative estimate of drug-likeness (QED) is 0.873. The van der Waals surface area contributed by atoms with E-state index >= 15 is 0 Å². The van der Waals surface area contributed by atoms with Gasteiger partial charge in [0.05, 0.1) is 0 Å². The van der Waals surface area contributed by atoms with Gasteiger partial charge in [-0.2, -0.15) is 0 Å². The molecule has 0 radical (unpaired) electrons. The Morgan fingerprint density at radius 1 is 1.29 bits per heavy atom. The van der Waals surface area contributed by atoms with Crippen molar-refractivity contribution >= 4 is 28.3 Å². The van der Waals surface area contributed by atoms with Gasteiger partial charge < -0.3 is 5.32 Å². The van der Waals surface area contributed by atoms with Crippen LogP contribution in [0, 0.1) is 12.8 Å². The maximum atomic E-state index is 12.2. The number of nitrogens with one attached hydrogen (secondary N) is 2. The highest BCUT2D eigenvalue weighted by Crippen LogP contribution is 2.27. The van der Waals surface area contributed by atoms with Gasteiger partial charge in [0.1, 0.15) is 11.0 Å². The zero-order chi connectivity index (χ0) is 17.1. The summed E-state index contributed by atoms with van der Waals surface area (Å²) in [6, 6.07) is 7.36. The summed E-state index contributed by atoms with van der Waals surface area (Å²) in [7, 11) is 0. The van der Waals surface area contributed by atoms with Gasteiger partial charge in [-0.25, -0.2) is 0 Å². The summed E-state index contributed by atoms with van der Waals surface area (Å²) >= 11 is 1.31. The largest absolute Gasteiger partial charge is 0.344 e. The predicted molar refractivity (Wildman–Crippen MR) is 93.7 cm³/mol. The van der Waals surface area contributed by atoms with Crippen molar-refractivity contribution in [1.29, 1.82) is 0 Å². The molecule has 1 atom stereocenters. The van der Waals surface area contributed by atoms with Crippen LogP contribution in [0.4, 0.5) is 5.13 Å². The molecule has 2 N–H and O–H groups in total. The molecule has 6 nitrogen and oxygen atoms in total. The molecule has 0 aliphatic heterocycles. The summed E-state index contributed by atoms with van der Waals surface area (Å²) in [5, 5.41) is 14.8. The van der Waals surface area contributed by atoms with Crippen LogP contribution in [0.1, 0.15) is 31.7 Å². The third-order valence-electron chi connectivity index (χ3n) is 4.15. The highest BCUT2D eigenvalue weighted by Gasteiger charge is 2.27. The van der Waals surface area contributed by atoms with Crippen molar-refractivity contribution in [2.24, 2.45) is 5.92 Å². The molecule has 1 saturated carbocycles. The number of carbonyl (C=O) groups excluding carboxylic acids is 2. The van der Waals surface area contributed by atoms with Crippen LogP contribution in [0.25, 0.3) is 10.6 Å². The molecule has 126 valence electrons. The second-order valence-corrected chi connectivity index (χ2v) is 7.11. The van der Waals surface area contributed by atoms with Crippen LogP contribution in [0.2, 0.25) is 0 Å². The fourth-order valence-electron chi connectivity index (χ4n) is 2.45. The number of hydrogen-bond donors (Lipinski definition) is 2. The van der Waals surface area contributed by atoms with E-state index < -0.39 is 6.04 Å². The fraction of sp³-hybridized carbons (Fsp3) is 0.412. The maximum Gasteiger partial charge on any atom is 0.248 e. The van der Waals surface area contributed by atoms with Gasteiger partial charge in [0.25, 0.3) is 0 Å². The van der Waals surface area contributed by atoms with E-state index in [0.717, 1.165) is 35.4 Å². The molecule has 0 bridgehead atoms. The standard InChI is InChI=1S/C17H20N4O2S/c1-10-5-3-8-13(9-10)16-20-21-17(24-16)19-14(22)11(2)18-15(23)12-6-4-7-12/h3,5,8-9,11-12H,4,6-7H2,1-2H3,(H,18,23)(H,19,21,22). The second-order valence-electron chi connectivity index (χ2n) is 6.13. The number of anilines is 1. The van der Waals surface area contributed by atoms with Crippen molar-refractivity contribution in [3.8, 4) is 10.6 Å². The lowest BCUT2D eigenvalue weighted by Gasteiger charge is -2.25. The van der Waals surface area contributed by atoms with Crippen LogP contribution in [-0.2, 0) is 9.59 Å². The monoisotopic (exact) mass is 344 g/mol. The van der Waals surface area contributed by atoms with Crippen molar-refractivity contribution < 1.29 is 9.59 Å². The first-order valence-electron chi connectivity index (χ1n) is 8.04. The van der Waals surface area contributed by atoms with Crippen LogP contribution in [0.5, 0.6) is 0 Å². The average Bonchev–Trinajstić information content (AvgIpc) is 2.93. The number of benzene rings is 1. The Bertz CT molecular complexity index is 755. The number of carbonyl (C=O) groups is 2. The molecule has 1 heterocycles. The molecule has 1 fully saturated rings. The average molecular weight is 344 g/mol. The topological polar surface area (TPSA) is 84.0 Å². The zero-order valence-electron chi connectivity index (χ0n) is 13.7. The number of hydrogen-bond acceptors (Lipinski definition) is 5. The number of rotatable bonds is 5. The first-order chi connectivity index (χ1) is 11.5. The predicted octanol–water partition coefficient (Wildman–Crippen LogP) is 2.76. The van der Waals surface area contributed by atoms with Crippen molar-refractivity contribution in [2.75, 3.05) is 5.32 Å². The van der Waals surface area contributed by atoms with Crippen LogP contribution in [0.3, 0.4) is 0 Å². The van der Waals surface area contributed by atoms with Crippen LogP contribution < -0.4 is 10.6 Å². The molecule has 0 spiro atoms. The minimum atomic E-state index is -0.593. The van der Waals surface area contributed by atoms with E-state index in [1.165, 1.54) is 11.3 Å². The zero-order valence-corrected chi connectivity index (χ0v) is 14.5.